The number of carboxylic acids is 1. The molecule has 0 radical (unpaired) electrons. The topological polar surface area (TPSA) is 42.2 Å². The van der Waals surface area contributed by atoms with Gasteiger partial charge in [0, 0.05) is 16.7 Å². The number of aromatic nitrogens is 1. The molecule has 3 aromatic rings. The molecule has 0 aliphatic rings. The molecule has 4 heteroatoms. The van der Waals surface area contributed by atoms with Crippen molar-refractivity contribution in [1.82, 2.24) is 4.57 Å². The van der Waals surface area contributed by atoms with Crippen LogP contribution < -0.4 is 0 Å². The molecule has 0 aliphatic heterocycles. The van der Waals surface area contributed by atoms with E-state index in [4.69, 9.17) is 0 Å². The second-order valence-electron chi connectivity index (χ2n) is 4.86. The Balaban J connectivity index is 2.16. The van der Waals surface area contributed by atoms with Gasteiger partial charge in [0.05, 0.1) is 0 Å². The van der Waals surface area contributed by atoms with Crippen LogP contribution >= 0.6 is 15.9 Å². The van der Waals surface area contributed by atoms with Gasteiger partial charge in [-0.3, -0.25) is 0 Å². The van der Waals surface area contributed by atoms with Gasteiger partial charge in [0.2, 0.25) is 0 Å². The Kier molecular flexibility index (Phi) is 3.55. The molecule has 3 nitrogen and oxygen atoms in total. The molecule has 0 saturated carbocycles. The summed E-state index contributed by atoms with van der Waals surface area (Å²) in [6.07, 6.45) is 0. The number of fused-ring (bicyclic) bond motifs is 1. The fourth-order valence-corrected chi connectivity index (χ4v) is 3.00. The Hall–Kier alpha value is -2.07. The molecule has 1 heterocycles. The molecule has 21 heavy (non-hydrogen) atoms. The van der Waals surface area contributed by atoms with Crippen LogP contribution in [-0.4, -0.2) is 15.6 Å². The number of carboxylic acid groups (broad SMARTS) is 1. The zero-order valence-electron chi connectivity index (χ0n) is 11.5. The Morgan fingerprint density at radius 3 is 2.52 bits per heavy atom. The average Bonchev–Trinajstić information content (AvgIpc) is 2.90. The molecule has 0 saturated heterocycles. The molecule has 0 spiro atoms. The van der Waals surface area contributed by atoms with Crippen molar-refractivity contribution in [2.24, 2.45) is 0 Å². The lowest BCUT2D eigenvalue weighted by molar-refractivity contribution is 0.0685. The van der Waals surface area contributed by atoms with E-state index >= 15 is 0 Å². The predicted octanol–water partition coefficient (Wildman–Crippen LogP) is 4.79. The van der Waals surface area contributed by atoms with Gasteiger partial charge in [-0.05, 0) is 53.6 Å². The zero-order valence-corrected chi connectivity index (χ0v) is 13.1. The standard InChI is InChI=1S/C17H14BrNO2/c1-2-19-15(7-8-16(19)17(20)21)13-4-3-12-10-14(18)6-5-11(12)9-13/h3-10H,2H2,1H3,(H,20,21). The van der Waals surface area contributed by atoms with E-state index in [1.807, 2.05) is 29.7 Å². The molecule has 2 aromatic carbocycles. The fraction of sp³-hybridized carbons (Fsp3) is 0.118. The second kappa shape index (κ2) is 5.37. The number of benzene rings is 2. The number of rotatable bonds is 3. The maximum Gasteiger partial charge on any atom is 0.352 e. The third-order valence-electron chi connectivity index (χ3n) is 3.61. The smallest absolute Gasteiger partial charge is 0.352 e. The van der Waals surface area contributed by atoms with E-state index in [0.717, 1.165) is 26.5 Å². The van der Waals surface area contributed by atoms with Crippen molar-refractivity contribution in [2.45, 2.75) is 13.5 Å². The Morgan fingerprint density at radius 2 is 1.81 bits per heavy atom. The van der Waals surface area contributed by atoms with Gasteiger partial charge in [-0.2, -0.15) is 0 Å². The molecule has 0 fully saturated rings. The molecule has 106 valence electrons. The van der Waals surface area contributed by atoms with Crippen molar-refractivity contribution in [2.75, 3.05) is 0 Å². The summed E-state index contributed by atoms with van der Waals surface area (Å²) in [5.74, 6) is -0.896. The molecular weight excluding hydrogens is 330 g/mol. The predicted molar refractivity (Wildman–Crippen MR) is 87.7 cm³/mol. The van der Waals surface area contributed by atoms with Gasteiger partial charge >= 0.3 is 5.97 Å². The van der Waals surface area contributed by atoms with E-state index in [2.05, 4.69) is 40.2 Å². The van der Waals surface area contributed by atoms with E-state index in [1.165, 1.54) is 0 Å². The molecule has 0 bridgehead atoms. The van der Waals surface area contributed by atoms with Crippen molar-refractivity contribution < 1.29 is 9.90 Å². The maximum atomic E-state index is 11.2. The molecule has 1 aromatic heterocycles. The summed E-state index contributed by atoms with van der Waals surface area (Å²) in [7, 11) is 0. The van der Waals surface area contributed by atoms with E-state index in [0.29, 0.717) is 12.2 Å². The minimum Gasteiger partial charge on any atom is -0.477 e. The molecule has 1 N–H and O–H groups in total. The van der Waals surface area contributed by atoms with Crippen molar-refractivity contribution in [3.05, 3.63) is 58.7 Å². The third kappa shape index (κ3) is 2.47. The lowest BCUT2D eigenvalue weighted by Crippen LogP contribution is -2.08. The fourth-order valence-electron chi connectivity index (χ4n) is 2.62. The van der Waals surface area contributed by atoms with Crippen LogP contribution in [0.4, 0.5) is 0 Å². The van der Waals surface area contributed by atoms with Crippen LogP contribution in [0.15, 0.2) is 53.0 Å². The number of aromatic carboxylic acids is 1. The van der Waals surface area contributed by atoms with Crippen LogP contribution in [0.25, 0.3) is 22.0 Å². The Labute approximate surface area is 131 Å². The van der Waals surface area contributed by atoms with E-state index in [9.17, 15) is 9.90 Å². The van der Waals surface area contributed by atoms with Gasteiger partial charge in [-0.25, -0.2) is 4.79 Å². The van der Waals surface area contributed by atoms with E-state index in [1.54, 1.807) is 6.07 Å². The van der Waals surface area contributed by atoms with E-state index in [-0.39, 0.29) is 0 Å². The summed E-state index contributed by atoms with van der Waals surface area (Å²) >= 11 is 3.47. The highest BCUT2D eigenvalue weighted by molar-refractivity contribution is 9.10. The van der Waals surface area contributed by atoms with Crippen molar-refractivity contribution in [1.29, 1.82) is 0 Å². The molecule has 3 rings (SSSR count). The first-order valence-electron chi connectivity index (χ1n) is 6.72. The summed E-state index contributed by atoms with van der Waals surface area (Å²) in [6.45, 7) is 2.58. The first-order chi connectivity index (χ1) is 10.1. The van der Waals surface area contributed by atoms with Crippen molar-refractivity contribution in [3.63, 3.8) is 0 Å². The van der Waals surface area contributed by atoms with Gasteiger partial charge in [0.1, 0.15) is 5.69 Å². The molecule has 0 atom stereocenters. The molecule has 0 unspecified atom stereocenters. The van der Waals surface area contributed by atoms with Gasteiger partial charge < -0.3 is 9.67 Å². The van der Waals surface area contributed by atoms with Gasteiger partial charge in [0.15, 0.2) is 0 Å². The van der Waals surface area contributed by atoms with Crippen LogP contribution in [0.1, 0.15) is 17.4 Å². The first-order valence-corrected chi connectivity index (χ1v) is 7.52. The highest BCUT2D eigenvalue weighted by Gasteiger charge is 2.14. The number of hydrogen-bond donors (Lipinski definition) is 1. The quantitative estimate of drug-likeness (QED) is 0.742. The molecule has 0 aliphatic carbocycles. The molecule has 0 amide bonds. The average molecular weight is 344 g/mol. The van der Waals surface area contributed by atoms with E-state index < -0.39 is 5.97 Å². The van der Waals surface area contributed by atoms with Gasteiger partial charge in [-0.15, -0.1) is 0 Å². The summed E-state index contributed by atoms with van der Waals surface area (Å²) in [5.41, 5.74) is 2.28. The summed E-state index contributed by atoms with van der Waals surface area (Å²) < 4.78 is 2.87. The minimum absolute atomic E-state index is 0.323. The maximum absolute atomic E-state index is 11.2. The summed E-state index contributed by atoms with van der Waals surface area (Å²) in [4.78, 5) is 11.2. The zero-order chi connectivity index (χ0) is 15.0. The minimum atomic E-state index is -0.896. The Morgan fingerprint density at radius 1 is 1.10 bits per heavy atom. The van der Waals surface area contributed by atoms with Gasteiger partial charge in [0.25, 0.3) is 0 Å². The largest absolute Gasteiger partial charge is 0.477 e. The SMILES string of the molecule is CCn1c(C(=O)O)ccc1-c1ccc2cc(Br)ccc2c1. The van der Waals surface area contributed by atoms with Crippen LogP contribution in [0, 0.1) is 0 Å². The second-order valence-corrected chi connectivity index (χ2v) is 5.78. The number of nitrogens with zero attached hydrogens (tertiary/aromatic N) is 1. The lowest BCUT2D eigenvalue weighted by Gasteiger charge is -2.10. The van der Waals surface area contributed by atoms with Crippen molar-refractivity contribution in [3.8, 4) is 11.3 Å². The van der Waals surface area contributed by atoms with Crippen LogP contribution in [-0.2, 0) is 6.54 Å². The summed E-state index contributed by atoms with van der Waals surface area (Å²) in [6, 6.07) is 15.8. The van der Waals surface area contributed by atoms with Crippen LogP contribution in [0.3, 0.4) is 0 Å². The first kappa shape index (κ1) is 13.9. The van der Waals surface area contributed by atoms with Gasteiger partial charge in [-0.1, -0.05) is 34.1 Å². The van der Waals surface area contributed by atoms with Crippen LogP contribution in [0.2, 0.25) is 0 Å². The Bertz CT molecular complexity index is 836. The lowest BCUT2D eigenvalue weighted by atomic mass is 10.1. The highest BCUT2D eigenvalue weighted by atomic mass is 79.9. The normalized spacial score (nSPS) is 11.0. The number of carbonyl (C=O) groups is 1. The highest BCUT2D eigenvalue weighted by Crippen LogP contribution is 2.28. The number of halogens is 1. The third-order valence-corrected chi connectivity index (χ3v) is 4.11. The van der Waals surface area contributed by atoms with Crippen LogP contribution in [0.5, 0.6) is 0 Å². The van der Waals surface area contributed by atoms with Crippen molar-refractivity contribution >= 4 is 32.7 Å². The number of hydrogen-bond acceptors (Lipinski definition) is 1. The monoisotopic (exact) mass is 343 g/mol. The summed E-state index contributed by atoms with van der Waals surface area (Å²) in [5, 5.41) is 11.5. The molecular formula is C17H14BrNO2.